The lowest BCUT2D eigenvalue weighted by Gasteiger charge is -2.33. The van der Waals surface area contributed by atoms with E-state index in [4.69, 9.17) is 4.74 Å². The highest BCUT2D eigenvalue weighted by molar-refractivity contribution is 5.75. The van der Waals surface area contributed by atoms with Crippen LogP contribution in [0.1, 0.15) is 37.7 Å². The zero-order chi connectivity index (χ0) is 15.5. The quantitative estimate of drug-likeness (QED) is 0.665. The molecule has 21 heavy (non-hydrogen) atoms. The second kappa shape index (κ2) is 6.11. The summed E-state index contributed by atoms with van der Waals surface area (Å²) in [4.78, 5) is 22.2. The number of hydrogen-bond acceptors (Lipinski definition) is 4. The van der Waals surface area contributed by atoms with Crippen molar-refractivity contribution in [3.63, 3.8) is 0 Å². The Balaban J connectivity index is 2.37. The Morgan fingerprint density at radius 1 is 1.38 bits per heavy atom. The van der Waals surface area contributed by atoms with Gasteiger partial charge in [0.05, 0.1) is 17.4 Å². The number of aliphatic carboxylic acids is 1. The molecule has 0 heterocycles. The summed E-state index contributed by atoms with van der Waals surface area (Å²) in [6.07, 6.45) is 4.28. The lowest BCUT2D eigenvalue weighted by molar-refractivity contribution is -0.384. The Bertz CT molecular complexity index is 549. The molecule has 1 fully saturated rings. The lowest BCUT2D eigenvalue weighted by atomic mass is 9.70. The molecule has 6 heteroatoms. The number of carboxylic acids is 1. The summed E-state index contributed by atoms with van der Waals surface area (Å²) in [5.41, 5.74) is -0.279. The summed E-state index contributed by atoms with van der Waals surface area (Å²) < 4.78 is 5.23. The lowest BCUT2D eigenvalue weighted by Crippen LogP contribution is -2.35. The number of methoxy groups -OCH3 is 1. The van der Waals surface area contributed by atoms with Crippen LogP contribution in [0.5, 0.6) is 5.75 Å². The maximum absolute atomic E-state index is 11.7. The molecular weight excluding hydrogens is 274 g/mol. The third kappa shape index (κ3) is 3.15. The average molecular weight is 293 g/mol. The molecule has 2 rings (SSSR count). The van der Waals surface area contributed by atoms with E-state index in [2.05, 4.69) is 0 Å². The van der Waals surface area contributed by atoms with Crippen LogP contribution in [0.4, 0.5) is 5.69 Å². The van der Waals surface area contributed by atoms with Crippen molar-refractivity contribution in [2.75, 3.05) is 7.11 Å². The highest BCUT2D eigenvalue weighted by atomic mass is 16.6. The zero-order valence-electron chi connectivity index (χ0n) is 12.0. The predicted octanol–water partition coefficient (Wildman–Crippen LogP) is 3.18. The first-order valence-corrected chi connectivity index (χ1v) is 7.03. The molecular formula is C15H19NO5. The van der Waals surface area contributed by atoms with E-state index in [0.717, 1.165) is 19.3 Å². The van der Waals surface area contributed by atoms with Gasteiger partial charge in [-0.1, -0.05) is 19.3 Å². The molecule has 6 nitrogen and oxygen atoms in total. The van der Waals surface area contributed by atoms with E-state index >= 15 is 0 Å². The van der Waals surface area contributed by atoms with Gasteiger partial charge in [-0.05, 0) is 25.3 Å². The van der Waals surface area contributed by atoms with Gasteiger partial charge in [0.15, 0.2) is 0 Å². The number of carboxylic acid groups (broad SMARTS) is 1. The van der Waals surface area contributed by atoms with Crippen molar-refractivity contribution in [3.8, 4) is 5.75 Å². The van der Waals surface area contributed by atoms with Crippen molar-refractivity contribution >= 4 is 11.7 Å². The Labute approximate surface area is 122 Å². The van der Waals surface area contributed by atoms with Crippen LogP contribution in [0.25, 0.3) is 0 Å². The highest BCUT2D eigenvalue weighted by Gasteiger charge is 2.40. The van der Waals surface area contributed by atoms with Crippen molar-refractivity contribution in [2.45, 2.75) is 38.5 Å². The van der Waals surface area contributed by atoms with Crippen molar-refractivity contribution in [1.29, 1.82) is 0 Å². The predicted molar refractivity (Wildman–Crippen MR) is 76.5 cm³/mol. The van der Waals surface area contributed by atoms with E-state index < -0.39 is 16.3 Å². The van der Waals surface area contributed by atoms with E-state index in [1.165, 1.54) is 25.3 Å². The number of benzene rings is 1. The molecule has 1 aromatic rings. The molecule has 1 saturated carbocycles. The maximum atomic E-state index is 11.7. The van der Waals surface area contributed by atoms with Crippen LogP contribution >= 0.6 is 0 Å². The highest BCUT2D eigenvalue weighted by Crippen LogP contribution is 2.41. The second-order valence-electron chi connectivity index (χ2n) is 5.58. The summed E-state index contributed by atoms with van der Waals surface area (Å²) in [5, 5.41) is 20.5. The molecule has 1 aliphatic carbocycles. The minimum absolute atomic E-state index is 0.0397. The molecule has 1 N–H and O–H groups in total. The smallest absolute Gasteiger partial charge is 0.309 e. The number of rotatable bonds is 5. The van der Waals surface area contributed by atoms with Gasteiger partial charge in [0.25, 0.3) is 5.69 Å². The molecule has 114 valence electrons. The summed E-state index contributed by atoms with van der Waals surface area (Å²) in [5.74, 6) is -0.317. The third-order valence-corrected chi connectivity index (χ3v) is 4.27. The number of carbonyl (C=O) groups is 1. The van der Waals surface area contributed by atoms with Crippen LogP contribution in [0, 0.1) is 15.5 Å². The summed E-state index contributed by atoms with van der Waals surface area (Å²) in [6.45, 7) is 0. The number of hydrogen-bond donors (Lipinski definition) is 1. The molecule has 0 saturated heterocycles. The van der Waals surface area contributed by atoms with Crippen LogP contribution in [0.2, 0.25) is 0 Å². The van der Waals surface area contributed by atoms with Crippen molar-refractivity contribution in [1.82, 2.24) is 0 Å². The van der Waals surface area contributed by atoms with E-state index in [1.54, 1.807) is 0 Å². The number of non-ortho nitro benzene ring substituents is 1. The molecule has 0 amide bonds. The minimum Gasteiger partial charge on any atom is -0.496 e. The Morgan fingerprint density at radius 3 is 2.57 bits per heavy atom. The average Bonchev–Trinajstić information content (AvgIpc) is 2.48. The van der Waals surface area contributed by atoms with Gasteiger partial charge in [0.1, 0.15) is 5.75 Å². The van der Waals surface area contributed by atoms with E-state index in [0.29, 0.717) is 24.2 Å². The van der Waals surface area contributed by atoms with Crippen molar-refractivity contribution < 1.29 is 19.6 Å². The first kappa shape index (κ1) is 15.3. The Hall–Kier alpha value is -2.11. The zero-order valence-corrected chi connectivity index (χ0v) is 12.0. The fraction of sp³-hybridized carbons (Fsp3) is 0.533. The molecule has 0 radical (unpaired) electrons. The van der Waals surface area contributed by atoms with Crippen molar-refractivity contribution in [3.05, 3.63) is 33.9 Å². The number of nitrogens with zero attached hydrogens (tertiary/aromatic N) is 1. The van der Waals surface area contributed by atoms with Crippen LogP contribution in [-0.4, -0.2) is 23.1 Å². The number of nitro groups is 1. The Kier molecular flexibility index (Phi) is 4.45. The summed E-state index contributed by atoms with van der Waals surface area (Å²) >= 11 is 0. The van der Waals surface area contributed by atoms with Gasteiger partial charge in [-0.15, -0.1) is 0 Å². The minimum atomic E-state index is -0.833. The van der Waals surface area contributed by atoms with Gasteiger partial charge in [-0.2, -0.15) is 0 Å². The van der Waals surface area contributed by atoms with Gasteiger partial charge in [0, 0.05) is 17.7 Å². The molecule has 0 unspecified atom stereocenters. The topological polar surface area (TPSA) is 89.7 Å². The monoisotopic (exact) mass is 293 g/mol. The van der Waals surface area contributed by atoms with Gasteiger partial charge in [0.2, 0.25) is 0 Å². The van der Waals surface area contributed by atoms with Crippen molar-refractivity contribution in [2.24, 2.45) is 5.41 Å². The fourth-order valence-electron chi connectivity index (χ4n) is 3.08. The molecule has 1 aliphatic rings. The first-order chi connectivity index (χ1) is 9.98. The summed E-state index contributed by atoms with van der Waals surface area (Å²) in [7, 11) is 1.49. The fourth-order valence-corrected chi connectivity index (χ4v) is 3.08. The second-order valence-corrected chi connectivity index (χ2v) is 5.58. The molecule has 0 spiro atoms. The number of nitro benzene ring substituents is 1. The van der Waals surface area contributed by atoms with Crippen LogP contribution in [-0.2, 0) is 11.2 Å². The van der Waals surface area contributed by atoms with Gasteiger partial charge >= 0.3 is 5.97 Å². The summed E-state index contributed by atoms with van der Waals surface area (Å²) in [6, 6.07) is 4.33. The van der Waals surface area contributed by atoms with Gasteiger partial charge in [-0.3, -0.25) is 14.9 Å². The third-order valence-electron chi connectivity index (χ3n) is 4.27. The SMILES string of the molecule is COc1ccc([N+](=O)[O-])cc1CC1(C(=O)O)CCCCC1. The first-order valence-electron chi connectivity index (χ1n) is 7.03. The van der Waals surface area contributed by atoms with Gasteiger partial charge in [-0.25, -0.2) is 0 Å². The molecule has 1 aromatic carbocycles. The van der Waals surface area contributed by atoms with Crippen LogP contribution in [0.15, 0.2) is 18.2 Å². The molecule has 0 aromatic heterocycles. The van der Waals surface area contributed by atoms with E-state index in [1.807, 2.05) is 0 Å². The van der Waals surface area contributed by atoms with E-state index in [9.17, 15) is 20.0 Å². The number of ether oxygens (including phenoxy) is 1. The molecule has 0 aliphatic heterocycles. The Morgan fingerprint density at radius 2 is 2.05 bits per heavy atom. The van der Waals surface area contributed by atoms with E-state index in [-0.39, 0.29) is 12.1 Å². The van der Waals surface area contributed by atoms with Crippen LogP contribution < -0.4 is 4.74 Å². The normalized spacial score (nSPS) is 17.2. The largest absolute Gasteiger partial charge is 0.496 e. The van der Waals surface area contributed by atoms with Crippen LogP contribution in [0.3, 0.4) is 0 Å². The van der Waals surface area contributed by atoms with Gasteiger partial charge < -0.3 is 9.84 Å². The standard InChI is InChI=1S/C15H19NO5/c1-21-13-6-5-12(16(19)20)9-11(13)10-15(14(17)18)7-3-2-4-8-15/h5-6,9H,2-4,7-8,10H2,1H3,(H,17,18). The molecule has 0 bridgehead atoms. The molecule has 0 atom stereocenters. The maximum Gasteiger partial charge on any atom is 0.309 e.